The van der Waals surface area contributed by atoms with E-state index in [-0.39, 0.29) is 24.0 Å². The van der Waals surface area contributed by atoms with Gasteiger partial charge in [-0.2, -0.15) is 0 Å². The molecule has 0 amide bonds. The summed E-state index contributed by atoms with van der Waals surface area (Å²) < 4.78 is 18.4. The lowest BCUT2D eigenvalue weighted by Crippen LogP contribution is -2.63. The van der Waals surface area contributed by atoms with E-state index in [1.54, 1.807) is 11.1 Å². The van der Waals surface area contributed by atoms with E-state index in [0.717, 1.165) is 25.5 Å². The second-order valence-corrected chi connectivity index (χ2v) is 10.4. The molecule has 166 valence electrons. The molecular formula is C24H34O6. The first kappa shape index (κ1) is 20.8. The van der Waals surface area contributed by atoms with Crippen molar-refractivity contribution in [3.8, 4) is 0 Å². The standard InChI is InChI=1S/C24H34O6/c1-12(2)14-6-8-24(3)9-7-16-15(18(14)24)5-4-13(10-25)20-21(16)30-23-22(29-20)19(27)17(26)11-28-23/h4,10,12,15-17,19-23,26-27H,5-9,11H2,1-3H3/t15-,16?,17+,19-,20+,21+,22+,23-,24+/m0/s1. The first-order valence-electron chi connectivity index (χ1n) is 11.5. The molecule has 3 fully saturated rings. The highest BCUT2D eigenvalue weighted by molar-refractivity contribution is 5.75. The molecule has 30 heavy (non-hydrogen) atoms. The molecule has 2 aliphatic heterocycles. The van der Waals surface area contributed by atoms with Crippen molar-refractivity contribution in [3.63, 3.8) is 0 Å². The van der Waals surface area contributed by atoms with Crippen LogP contribution in [0.4, 0.5) is 0 Å². The molecule has 2 saturated heterocycles. The molecule has 2 N–H and O–H groups in total. The van der Waals surface area contributed by atoms with Crippen LogP contribution in [-0.4, -0.2) is 59.9 Å². The Bertz CT molecular complexity index is 772. The molecule has 6 nitrogen and oxygen atoms in total. The number of fused-ring (bicyclic) bond motifs is 6. The first-order valence-corrected chi connectivity index (χ1v) is 11.5. The Kier molecular flexibility index (Phi) is 5.22. The molecule has 0 radical (unpaired) electrons. The van der Waals surface area contributed by atoms with Crippen LogP contribution in [-0.2, 0) is 19.0 Å². The van der Waals surface area contributed by atoms with Crippen LogP contribution < -0.4 is 0 Å². The lowest BCUT2D eigenvalue weighted by Gasteiger charge is -2.51. The molecule has 0 aromatic rings. The Morgan fingerprint density at radius 2 is 2.00 bits per heavy atom. The van der Waals surface area contributed by atoms with Crippen LogP contribution >= 0.6 is 0 Å². The molecule has 3 aliphatic carbocycles. The molecule has 1 saturated carbocycles. The highest BCUT2D eigenvalue weighted by Crippen LogP contribution is 2.59. The third kappa shape index (κ3) is 3.06. The van der Waals surface area contributed by atoms with Gasteiger partial charge in [-0.05, 0) is 55.3 Å². The molecule has 9 atom stereocenters. The van der Waals surface area contributed by atoms with Crippen molar-refractivity contribution in [1.29, 1.82) is 0 Å². The van der Waals surface area contributed by atoms with Gasteiger partial charge in [-0.15, -0.1) is 0 Å². The third-order valence-corrected chi connectivity index (χ3v) is 8.37. The van der Waals surface area contributed by atoms with E-state index in [1.165, 1.54) is 12.8 Å². The maximum absolute atomic E-state index is 12.0. The SMILES string of the molecule is CC(C)C1=C2[C@H]3CC=C(C=O)[C@H]4O[C@H]5[C@@H](OC[C@@H](O)[C@@H]5O)O[C@@H]4C3CC[C@@]2(C)CC1. The Morgan fingerprint density at radius 3 is 2.73 bits per heavy atom. The van der Waals surface area contributed by atoms with Crippen LogP contribution in [0.25, 0.3) is 0 Å². The highest BCUT2D eigenvalue weighted by atomic mass is 16.7. The zero-order valence-corrected chi connectivity index (χ0v) is 18.1. The smallest absolute Gasteiger partial charge is 0.186 e. The molecule has 6 heteroatoms. The zero-order valence-electron chi connectivity index (χ0n) is 18.1. The van der Waals surface area contributed by atoms with Crippen molar-refractivity contribution < 1.29 is 29.2 Å². The zero-order chi connectivity index (χ0) is 21.2. The van der Waals surface area contributed by atoms with Crippen LogP contribution in [0.15, 0.2) is 22.8 Å². The quantitative estimate of drug-likeness (QED) is 0.530. The van der Waals surface area contributed by atoms with Gasteiger partial charge in [0.05, 0.1) is 12.7 Å². The summed E-state index contributed by atoms with van der Waals surface area (Å²) in [6.07, 6.45) is 3.83. The van der Waals surface area contributed by atoms with E-state index >= 15 is 0 Å². The fourth-order valence-corrected chi connectivity index (χ4v) is 6.79. The van der Waals surface area contributed by atoms with E-state index in [9.17, 15) is 15.0 Å². The number of aliphatic hydroxyl groups excluding tert-OH is 2. The summed E-state index contributed by atoms with van der Waals surface area (Å²) in [6, 6.07) is 0. The number of carbonyl (C=O) groups is 1. The number of hydrogen-bond donors (Lipinski definition) is 2. The summed E-state index contributed by atoms with van der Waals surface area (Å²) in [7, 11) is 0. The molecule has 1 unspecified atom stereocenters. The number of allylic oxidation sites excluding steroid dienone is 3. The largest absolute Gasteiger partial charge is 0.388 e. The van der Waals surface area contributed by atoms with Crippen molar-refractivity contribution in [1.82, 2.24) is 0 Å². The summed E-state index contributed by atoms with van der Waals surface area (Å²) >= 11 is 0. The van der Waals surface area contributed by atoms with Gasteiger partial charge in [-0.3, -0.25) is 4.79 Å². The van der Waals surface area contributed by atoms with Crippen molar-refractivity contribution in [3.05, 3.63) is 22.8 Å². The number of hydrogen-bond acceptors (Lipinski definition) is 6. The minimum absolute atomic E-state index is 0.0221. The predicted octanol–water partition coefficient (Wildman–Crippen LogP) is 2.53. The van der Waals surface area contributed by atoms with E-state index in [4.69, 9.17) is 14.2 Å². The van der Waals surface area contributed by atoms with Crippen LogP contribution in [0.2, 0.25) is 0 Å². The van der Waals surface area contributed by atoms with Gasteiger partial charge in [0.15, 0.2) is 6.29 Å². The fraction of sp³-hybridized carbons (Fsp3) is 0.792. The Morgan fingerprint density at radius 1 is 1.20 bits per heavy atom. The summed E-state index contributed by atoms with van der Waals surface area (Å²) in [4.78, 5) is 12.0. The number of carbonyl (C=O) groups excluding carboxylic acids is 1. The lowest BCUT2D eigenvalue weighted by molar-refractivity contribution is -0.350. The number of aldehydes is 1. The second-order valence-electron chi connectivity index (χ2n) is 10.4. The topological polar surface area (TPSA) is 85.2 Å². The van der Waals surface area contributed by atoms with Crippen molar-refractivity contribution >= 4 is 6.29 Å². The second kappa shape index (κ2) is 7.52. The van der Waals surface area contributed by atoms with Gasteiger partial charge in [-0.25, -0.2) is 0 Å². The van der Waals surface area contributed by atoms with Gasteiger partial charge < -0.3 is 24.4 Å². The molecule has 0 bridgehead atoms. The van der Waals surface area contributed by atoms with Crippen LogP contribution in [0.1, 0.15) is 52.9 Å². The summed E-state index contributed by atoms with van der Waals surface area (Å²) in [5, 5.41) is 20.4. The Labute approximate surface area is 178 Å². The fourth-order valence-electron chi connectivity index (χ4n) is 6.79. The average molecular weight is 419 g/mol. The number of rotatable bonds is 2. The van der Waals surface area contributed by atoms with Gasteiger partial charge in [0, 0.05) is 5.57 Å². The predicted molar refractivity (Wildman–Crippen MR) is 109 cm³/mol. The number of ether oxygens (including phenoxy) is 3. The maximum atomic E-state index is 12.0. The average Bonchev–Trinajstić information content (AvgIpc) is 3.01. The van der Waals surface area contributed by atoms with Crippen molar-refractivity contribution in [2.45, 2.75) is 89.7 Å². The lowest BCUT2D eigenvalue weighted by atomic mass is 9.60. The van der Waals surface area contributed by atoms with Gasteiger partial charge in [-0.1, -0.05) is 38.0 Å². The first-order chi connectivity index (χ1) is 14.3. The highest BCUT2D eigenvalue weighted by Gasteiger charge is 2.56. The molecule has 0 aromatic heterocycles. The summed E-state index contributed by atoms with van der Waals surface area (Å²) in [6.45, 7) is 7.01. The minimum atomic E-state index is -1.09. The Hall–Kier alpha value is -1.05. The van der Waals surface area contributed by atoms with E-state index < -0.39 is 30.7 Å². The molecular weight excluding hydrogens is 384 g/mol. The summed E-state index contributed by atoms with van der Waals surface area (Å²) in [5.41, 5.74) is 4.03. The molecule has 5 aliphatic rings. The van der Waals surface area contributed by atoms with Gasteiger partial charge in [0.2, 0.25) is 0 Å². The molecule has 0 spiro atoms. The molecule has 2 heterocycles. The van der Waals surface area contributed by atoms with E-state index in [1.807, 2.05) is 6.08 Å². The monoisotopic (exact) mass is 418 g/mol. The number of aliphatic hydroxyl groups is 2. The van der Waals surface area contributed by atoms with E-state index in [0.29, 0.717) is 17.4 Å². The van der Waals surface area contributed by atoms with Gasteiger partial charge >= 0.3 is 0 Å². The van der Waals surface area contributed by atoms with Crippen molar-refractivity contribution in [2.24, 2.45) is 23.2 Å². The molecule has 5 rings (SSSR count). The van der Waals surface area contributed by atoms with Crippen LogP contribution in [0.5, 0.6) is 0 Å². The van der Waals surface area contributed by atoms with Gasteiger partial charge in [0.1, 0.15) is 30.7 Å². The minimum Gasteiger partial charge on any atom is -0.388 e. The van der Waals surface area contributed by atoms with Crippen molar-refractivity contribution in [2.75, 3.05) is 6.61 Å². The summed E-state index contributed by atoms with van der Waals surface area (Å²) in [5.74, 6) is 1.11. The normalized spacial score (nSPS) is 48.3. The van der Waals surface area contributed by atoms with Crippen LogP contribution in [0, 0.1) is 23.2 Å². The molecule has 0 aromatic carbocycles. The Balaban J connectivity index is 1.53. The van der Waals surface area contributed by atoms with E-state index in [2.05, 4.69) is 20.8 Å². The maximum Gasteiger partial charge on any atom is 0.186 e. The van der Waals surface area contributed by atoms with Crippen LogP contribution in [0.3, 0.4) is 0 Å². The third-order valence-electron chi connectivity index (χ3n) is 8.37. The van der Waals surface area contributed by atoms with Gasteiger partial charge in [0.25, 0.3) is 0 Å².